The van der Waals surface area contributed by atoms with Crippen molar-refractivity contribution in [2.45, 2.75) is 43.9 Å². The lowest BCUT2D eigenvalue weighted by molar-refractivity contribution is 0.343. The Morgan fingerprint density at radius 2 is 1.94 bits per heavy atom. The van der Waals surface area contributed by atoms with Gasteiger partial charge in [0.1, 0.15) is 5.82 Å². The monoisotopic (exact) mass is 274 g/mol. The van der Waals surface area contributed by atoms with Crippen molar-refractivity contribution >= 4 is 23.2 Å². The molecule has 0 aliphatic heterocycles. The van der Waals surface area contributed by atoms with Crippen LogP contribution in [-0.2, 0) is 6.42 Å². The normalized spacial score (nSPS) is 19.2. The molecule has 94 valence electrons. The molecule has 1 aliphatic carbocycles. The van der Waals surface area contributed by atoms with E-state index in [4.69, 9.17) is 23.2 Å². The molecule has 1 saturated carbocycles. The van der Waals surface area contributed by atoms with Crippen molar-refractivity contribution in [1.82, 2.24) is 0 Å². The van der Waals surface area contributed by atoms with E-state index in [9.17, 15) is 4.39 Å². The SMILES string of the molecule is Fc1cccc(Cl)c1CC(Cl)C1CCCCC1. The van der Waals surface area contributed by atoms with Crippen molar-refractivity contribution in [1.29, 1.82) is 0 Å². The zero-order chi connectivity index (χ0) is 12.3. The molecule has 17 heavy (non-hydrogen) atoms. The number of hydrogen-bond acceptors (Lipinski definition) is 0. The Bertz CT molecular complexity index is 352. The number of alkyl halides is 1. The summed E-state index contributed by atoms with van der Waals surface area (Å²) in [5.41, 5.74) is 0.569. The molecule has 0 bridgehead atoms. The van der Waals surface area contributed by atoms with Crippen molar-refractivity contribution in [3.8, 4) is 0 Å². The maximum atomic E-state index is 13.6. The molecule has 1 fully saturated rings. The van der Waals surface area contributed by atoms with Gasteiger partial charge >= 0.3 is 0 Å². The van der Waals surface area contributed by atoms with Crippen LogP contribution in [0.4, 0.5) is 4.39 Å². The second kappa shape index (κ2) is 6.06. The third kappa shape index (κ3) is 3.35. The van der Waals surface area contributed by atoms with Crippen LogP contribution < -0.4 is 0 Å². The number of halogens is 3. The van der Waals surface area contributed by atoms with Gasteiger partial charge in [-0.1, -0.05) is 36.9 Å². The van der Waals surface area contributed by atoms with Gasteiger partial charge in [0.2, 0.25) is 0 Å². The fraction of sp³-hybridized carbons (Fsp3) is 0.571. The van der Waals surface area contributed by atoms with Crippen LogP contribution in [0.5, 0.6) is 0 Å². The molecular weight excluding hydrogens is 258 g/mol. The van der Waals surface area contributed by atoms with Crippen LogP contribution in [0.3, 0.4) is 0 Å². The third-order valence-corrected chi connectivity index (χ3v) is 4.49. The molecule has 2 rings (SSSR count). The smallest absolute Gasteiger partial charge is 0.127 e. The van der Waals surface area contributed by atoms with Crippen molar-refractivity contribution < 1.29 is 4.39 Å². The molecule has 0 heterocycles. The lowest BCUT2D eigenvalue weighted by Crippen LogP contribution is -2.20. The maximum absolute atomic E-state index is 13.6. The summed E-state index contributed by atoms with van der Waals surface area (Å²) in [5.74, 6) is 0.278. The molecule has 0 aromatic heterocycles. The van der Waals surface area contributed by atoms with E-state index in [0.717, 1.165) is 0 Å². The van der Waals surface area contributed by atoms with Crippen LogP contribution in [0.25, 0.3) is 0 Å². The van der Waals surface area contributed by atoms with E-state index in [2.05, 4.69) is 0 Å². The quantitative estimate of drug-likeness (QED) is 0.664. The van der Waals surface area contributed by atoms with Gasteiger partial charge in [-0.15, -0.1) is 11.6 Å². The topological polar surface area (TPSA) is 0 Å². The molecule has 0 amide bonds. The first-order valence-corrected chi connectivity index (χ1v) is 7.07. The third-order valence-electron chi connectivity index (χ3n) is 3.62. The van der Waals surface area contributed by atoms with Crippen LogP contribution in [0.15, 0.2) is 18.2 Å². The highest BCUT2D eigenvalue weighted by Crippen LogP contribution is 2.32. The highest BCUT2D eigenvalue weighted by molar-refractivity contribution is 6.31. The minimum atomic E-state index is -0.237. The van der Waals surface area contributed by atoms with Crippen LogP contribution in [0, 0.1) is 11.7 Å². The summed E-state index contributed by atoms with van der Waals surface area (Å²) in [4.78, 5) is 0. The van der Waals surface area contributed by atoms with E-state index in [1.54, 1.807) is 12.1 Å². The molecule has 0 radical (unpaired) electrons. The molecular formula is C14H17Cl2F. The van der Waals surface area contributed by atoms with Crippen LogP contribution >= 0.6 is 23.2 Å². The van der Waals surface area contributed by atoms with Crippen LogP contribution in [0.2, 0.25) is 5.02 Å². The van der Waals surface area contributed by atoms with Gasteiger partial charge in [-0.25, -0.2) is 4.39 Å². The van der Waals surface area contributed by atoms with E-state index < -0.39 is 0 Å². The zero-order valence-corrected chi connectivity index (χ0v) is 11.3. The second-order valence-corrected chi connectivity index (χ2v) is 5.79. The highest BCUT2D eigenvalue weighted by Gasteiger charge is 2.23. The average molecular weight is 275 g/mol. The van der Waals surface area contributed by atoms with Crippen molar-refractivity contribution in [3.05, 3.63) is 34.6 Å². The number of hydrogen-bond donors (Lipinski definition) is 0. The summed E-state index contributed by atoms with van der Waals surface area (Å²) in [5, 5.41) is 0.496. The summed E-state index contributed by atoms with van der Waals surface area (Å²) < 4.78 is 13.6. The van der Waals surface area contributed by atoms with Gasteiger partial charge in [-0.3, -0.25) is 0 Å². The van der Waals surface area contributed by atoms with Gasteiger partial charge in [-0.05, 0) is 37.3 Å². The first-order chi connectivity index (χ1) is 8.18. The molecule has 1 aromatic rings. The molecule has 1 aromatic carbocycles. The van der Waals surface area contributed by atoms with Crippen molar-refractivity contribution in [3.63, 3.8) is 0 Å². The Hall–Kier alpha value is -0.270. The van der Waals surface area contributed by atoms with Gasteiger partial charge in [0.05, 0.1) is 0 Å². The zero-order valence-electron chi connectivity index (χ0n) is 9.76. The fourth-order valence-corrected chi connectivity index (χ4v) is 3.23. The lowest BCUT2D eigenvalue weighted by Gasteiger charge is -2.26. The predicted octanol–water partition coefficient (Wildman–Crippen LogP) is 5.21. The van der Waals surface area contributed by atoms with Gasteiger partial charge in [0.25, 0.3) is 0 Å². The minimum Gasteiger partial charge on any atom is -0.207 e. The number of benzene rings is 1. The van der Waals surface area contributed by atoms with Gasteiger partial charge in [0, 0.05) is 16.0 Å². The molecule has 0 saturated heterocycles. The largest absolute Gasteiger partial charge is 0.207 e. The Kier molecular flexibility index (Phi) is 4.69. The molecule has 1 aliphatic rings. The molecule has 0 N–H and O–H groups in total. The average Bonchev–Trinajstić information content (AvgIpc) is 2.35. The maximum Gasteiger partial charge on any atom is 0.127 e. The summed E-state index contributed by atoms with van der Waals surface area (Å²) in [7, 11) is 0. The summed E-state index contributed by atoms with van der Waals surface area (Å²) >= 11 is 12.4. The fourth-order valence-electron chi connectivity index (χ4n) is 2.58. The van der Waals surface area contributed by atoms with E-state index in [1.807, 2.05) is 0 Å². The first kappa shape index (κ1) is 13.2. The Morgan fingerprint density at radius 3 is 2.59 bits per heavy atom. The van der Waals surface area contributed by atoms with E-state index in [-0.39, 0.29) is 11.2 Å². The first-order valence-electron chi connectivity index (χ1n) is 6.25. The molecule has 0 nitrogen and oxygen atoms in total. The van der Waals surface area contributed by atoms with Gasteiger partial charge in [0.15, 0.2) is 0 Å². The predicted molar refractivity (Wildman–Crippen MR) is 71.3 cm³/mol. The summed E-state index contributed by atoms with van der Waals surface area (Å²) in [6.45, 7) is 0. The Morgan fingerprint density at radius 1 is 1.24 bits per heavy atom. The van der Waals surface area contributed by atoms with Crippen molar-refractivity contribution in [2.75, 3.05) is 0 Å². The second-order valence-electron chi connectivity index (χ2n) is 4.82. The standard InChI is InChI=1S/C14H17Cl2F/c15-12-7-4-8-14(17)11(12)9-13(16)10-5-2-1-3-6-10/h4,7-8,10,13H,1-3,5-6,9H2. The van der Waals surface area contributed by atoms with Crippen molar-refractivity contribution in [2.24, 2.45) is 5.92 Å². The Labute approximate surface area is 112 Å². The van der Waals surface area contributed by atoms with E-state index in [1.165, 1.54) is 38.2 Å². The van der Waals surface area contributed by atoms with Gasteiger partial charge < -0.3 is 0 Å². The molecule has 0 spiro atoms. The molecule has 1 atom stereocenters. The highest BCUT2D eigenvalue weighted by atomic mass is 35.5. The summed E-state index contributed by atoms with van der Waals surface area (Å²) in [6, 6.07) is 4.81. The van der Waals surface area contributed by atoms with Crippen LogP contribution in [0.1, 0.15) is 37.7 Å². The molecule has 1 unspecified atom stereocenters. The van der Waals surface area contributed by atoms with E-state index >= 15 is 0 Å². The van der Waals surface area contributed by atoms with Gasteiger partial charge in [-0.2, -0.15) is 0 Å². The van der Waals surface area contributed by atoms with Crippen LogP contribution in [-0.4, -0.2) is 5.38 Å². The van der Waals surface area contributed by atoms with E-state index in [0.29, 0.717) is 22.9 Å². The summed E-state index contributed by atoms with van der Waals surface area (Å²) in [6.07, 6.45) is 6.68. The minimum absolute atomic E-state index is 0.00435. The lowest BCUT2D eigenvalue weighted by atomic mass is 9.85. The Balaban J connectivity index is 2.04. The molecule has 3 heteroatoms. The number of rotatable bonds is 3.